The maximum Gasteiger partial charge on any atom is 0.303 e. The number of aliphatic carboxylic acids is 1. The lowest BCUT2D eigenvalue weighted by atomic mass is 9.95. The quantitative estimate of drug-likeness (QED) is 0.842. The fourth-order valence-corrected chi connectivity index (χ4v) is 2.10. The van der Waals surface area contributed by atoms with Crippen molar-refractivity contribution in [2.75, 3.05) is 13.1 Å². The average Bonchev–Trinajstić information content (AvgIpc) is 2.31. The molecule has 0 bridgehead atoms. The van der Waals surface area contributed by atoms with Crippen LogP contribution in [0.25, 0.3) is 0 Å². The molecule has 0 saturated carbocycles. The Bertz CT molecular complexity index is 427. The summed E-state index contributed by atoms with van der Waals surface area (Å²) in [7, 11) is 0. The summed E-state index contributed by atoms with van der Waals surface area (Å²) in [6.07, 6.45) is 4.78. The van der Waals surface area contributed by atoms with E-state index in [1.165, 1.54) is 0 Å². The lowest BCUT2D eigenvalue weighted by Gasteiger charge is -2.38. The van der Waals surface area contributed by atoms with Gasteiger partial charge in [0.05, 0.1) is 6.42 Å². The van der Waals surface area contributed by atoms with Gasteiger partial charge in [-0.1, -0.05) is 6.07 Å². The predicted octanol–water partition coefficient (Wildman–Crippen LogP) is 0.947. The van der Waals surface area contributed by atoms with Crippen molar-refractivity contribution in [2.24, 2.45) is 5.92 Å². The van der Waals surface area contributed by atoms with E-state index in [4.69, 9.17) is 5.11 Å². The number of likely N-dealkylation sites (tertiary alicyclic amines) is 1. The Labute approximate surface area is 105 Å². The van der Waals surface area contributed by atoms with Crippen LogP contribution >= 0.6 is 0 Å². The Balaban J connectivity index is 1.70. The molecule has 5 heteroatoms. The minimum Gasteiger partial charge on any atom is -0.481 e. The van der Waals surface area contributed by atoms with Gasteiger partial charge in [-0.2, -0.15) is 0 Å². The molecule has 96 valence electrons. The van der Waals surface area contributed by atoms with Crippen LogP contribution in [0, 0.1) is 5.92 Å². The summed E-state index contributed by atoms with van der Waals surface area (Å²) >= 11 is 0. The molecule has 1 aliphatic heterocycles. The van der Waals surface area contributed by atoms with Gasteiger partial charge in [0.2, 0.25) is 5.91 Å². The molecule has 18 heavy (non-hydrogen) atoms. The summed E-state index contributed by atoms with van der Waals surface area (Å²) in [6, 6.07) is 3.80. The van der Waals surface area contributed by atoms with E-state index < -0.39 is 5.97 Å². The first-order chi connectivity index (χ1) is 8.65. The molecule has 0 aromatic carbocycles. The number of hydrogen-bond donors (Lipinski definition) is 1. The summed E-state index contributed by atoms with van der Waals surface area (Å²) in [5.41, 5.74) is 1.05. The molecule has 0 unspecified atom stereocenters. The van der Waals surface area contributed by atoms with Gasteiger partial charge in [0.1, 0.15) is 0 Å². The number of carboxylic acids is 1. The molecule has 1 N–H and O–H groups in total. The minimum atomic E-state index is -0.789. The van der Waals surface area contributed by atoms with E-state index in [0.717, 1.165) is 5.56 Å². The Morgan fingerprint density at radius 3 is 2.83 bits per heavy atom. The number of aromatic nitrogens is 1. The highest BCUT2D eigenvalue weighted by Gasteiger charge is 2.31. The minimum absolute atomic E-state index is 0.0977. The molecule has 1 amide bonds. The third kappa shape index (κ3) is 3.29. The lowest BCUT2D eigenvalue weighted by Crippen LogP contribution is -2.50. The fourth-order valence-electron chi connectivity index (χ4n) is 2.10. The summed E-state index contributed by atoms with van der Waals surface area (Å²) in [4.78, 5) is 28.0. The van der Waals surface area contributed by atoms with Gasteiger partial charge in [-0.05, 0) is 18.1 Å². The standard InChI is InChI=1S/C13H16N2O3/c16-12(4-3-10-2-1-5-14-7-10)15-8-11(9-15)6-13(17)18/h1-2,5,7,11H,3-4,6,8-9H2,(H,17,18). The second-order valence-corrected chi connectivity index (χ2v) is 4.62. The zero-order valence-corrected chi connectivity index (χ0v) is 10.1. The molecule has 1 aliphatic rings. The van der Waals surface area contributed by atoms with Crippen LogP contribution in [0.2, 0.25) is 0 Å². The van der Waals surface area contributed by atoms with Gasteiger partial charge in [0.25, 0.3) is 0 Å². The molecular weight excluding hydrogens is 232 g/mol. The molecule has 1 aromatic rings. The second kappa shape index (κ2) is 5.62. The van der Waals surface area contributed by atoms with Gasteiger partial charge in [-0.3, -0.25) is 14.6 Å². The third-order valence-electron chi connectivity index (χ3n) is 3.12. The van der Waals surface area contributed by atoms with Crippen molar-refractivity contribution in [1.29, 1.82) is 0 Å². The first kappa shape index (κ1) is 12.5. The number of carbonyl (C=O) groups excluding carboxylic acids is 1. The lowest BCUT2D eigenvalue weighted by molar-refractivity contribution is -0.145. The molecule has 1 aromatic heterocycles. The summed E-state index contributed by atoms with van der Waals surface area (Å²) in [5, 5.41) is 8.62. The topological polar surface area (TPSA) is 70.5 Å². The zero-order valence-electron chi connectivity index (χ0n) is 10.1. The van der Waals surface area contributed by atoms with Crippen LogP contribution in [-0.2, 0) is 16.0 Å². The van der Waals surface area contributed by atoms with Crippen molar-refractivity contribution < 1.29 is 14.7 Å². The van der Waals surface area contributed by atoms with Crippen molar-refractivity contribution >= 4 is 11.9 Å². The molecule has 2 rings (SSSR count). The highest BCUT2D eigenvalue weighted by atomic mass is 16.4. The number of carbonyl (C=O) groups is 2. The Morgan fingerprint density at radius 1 is 1.44 bits per heavy atom. The van der Waals surface area contributed by atoms with Gasteiger partial charge >= 0.3 is 5.97 Å². The number of amides is 1. The van der Waals surface area contributed by atoms with Gasteiger partial charge in [-0.15, -0.1) is 0 Å². The van der Waals surface area contributed by atoms with Crippen LogP contribution in [0.5, 0.6) is 0 Å². The number of rotatable bonds is 5. The molecule has 1 saturated heterocycles. The summed E-state index contributed by atoms with van der Waals surface area (Å²) in [5.74, 6) is -0.562. The highest BCUT2D eigenvalue weighted by molar-refractivity contribution is 5.77. The number of hydrogen-bond acceptors (Lipinski definition) is 3. The van der Waals surface area contributed by atoms with E-state index in [2.05, 4.69) is 4.98 Å². The van der Waals surface area contributed by atoms with Gasteiger partial charge in [0.15, 0.2) is 0 Å². The number of aryl methyl sites for hydroxylation is 1. The SMILES string of the molecule is O=C(O)CC1CN(C(=O)CCc2cccnc2)C1. The van der Waals surface area contributed by atoms with E-state index in [-0.39, 0.29) is 18.2 Å². The molecule has 0 atom stereocenters. The van der Waals surface area contributed by atoms with Crippen LogP contribution in [0.3, 0.4) is 0 Å². The zero-order chi connectivity index (χ0) is 13.0. The van der Waals surface area contributed by atoms with Gasteiger partial charge in [-0.25, -0.2) is 0 Å². The fraction of sp³-hybridized carbons (Fsp3) is 0.462. The van der Waals surface area contributed by atoms with Crippen molar-refractivity contribution in [3.63, 3.8) is 0 Å². The number of pyridine rings is 1. The van der Waals surface area contributed by atoms with Crippen LogP contribution in [-0.4, -0.2) is 40.0 Å². The molecule has 0 spiro atoms. The predicted molar refractivity (Wildman–Crippen MR) is 64.9 cm³/mol. The van der Waals surface area contributed by atoms with Crippen LogP contribution < -0.4 is 0 Å². The Kier molecular flexibility index (Phi) is 3.92. The average molecular weight is 248 g/mol. The van der Waals surface area contributed by atoms with E-state index in [1.807, 2.05) is 12.1 Å². The molecule has 0 radical (unpaired) electrons. The normalized spacial score (nSPS) is 15.2. The van der Waals surface area contributed by atoms with Crippen molar-refractivity contribution in [3.05, 3.63) is 30.1 Å². The van der Waals surface area contributed by atoms with Crippen LogP contribution in [0.1, 0.15) is 18.4 Å². The van der Waals surface area contributed by atoms with E-state index in [9.17, 15) is 9.59 Å². The van der Waals surface area contributed by atoms with Gasteiger partial charge < -0.3 is 10.0 Å². The van der Waals surface area contributed by atoms with Crippen molar-refractivity contribution in [2.45, 2.75) is 19.3 Å². The van der Waals surface area contributed by atoms with Crippen LogP contribution in [0.4, 0.5) is 0 Å². The maximum atomic E-state index is 11.8. The highest BCUT2D eigenvalue weighted by Crippen LogP contribution is 2.20. The Morgan fingerprint density at radius 2 is 2.22 bits per heavy atom. The number of nitrogens with zero attached hydrogens (tertiary/aromatic N) is 2. The Hall–Kier alpha value is -1.91. The molecule has 5 nitrogen and oxygen atoms in total. The van der Waals surface area contributed by atoms with E-state index in [0.29, 0.717) is 25.9 Å². The van der Waals surface area contributed by atoms with Crippen molar-refractivity contribution in [3.8, 4) is 0 Å². The molecule has 2 heterocycles. The third-order valence-corrected chi connectivity index (χ3v) is 3.12. The van der Waals surface area contributed by atoms with E-state index in [1.54, 1.807) is 17.3 Å². The maximum absolute atomic E-state index is 11.8. The number of carboxylic acid groups (broad SMARTS) is 1. The monoisotopic (exact) mass is 248 g/mol. The first-order valence-electron chi connectivity index (χ1n) is 6.03. The second-order valence-electron chi connectivity index (χ2n) is 4.62. The molecular formula is C13H16N2O3. The summed E-state index contributed by atoms with van der Waals surface area (Å²) in [6.45, 7) is 1.16. The molecule has 0 aliphatic carbocycles. The van der Waals surface area contributed by atoms with E-state index >= 15 is 0 Å². The van der Waals surface area contributed by atoms with Gasteiger partial charge in [0, 0.05) is 37.8 Å². The largest absolute Gasteiger partial charge is 0.481 e. The molecule has 1 fully saturated rings. The first-order valence-corrected chi connectivity index (χ1v) is 6.03. The van der Waals surface area contributed by atoms with Crippen LogP contribution in [0.15, 0.2) is 24.5 Å². The van der Waals surface area contributed by atoms with Crippen molar-refractivity contribution in [1.82, 2.24) is 9.88 Å². The summed E-state index contributed by atoms with van der Waals surface area (Å²) < 4.78 is 0. The smallest absolute Gasteiger partial charge is 0.303 e.